The van der Waals surface area contributed by atoms with E-state index < -0.39 is 0 Å². The van der Waals surface area contributed by atoms with Gasteiger partial charge in [0.1, 0.15) is 5.76 Å². The van der Waals surface area contributed by atoms with Gasteiger partial charge in [0.25, 0.3) is 0 Å². The maximum atomic E-state index is 12.9. The van der Waals surface area contributed by atoms with Crippen LogP contribution in [0.25, 0.3) is 11.3 Å². The van der Waals surface area contributed by atoms with E-state index in [1.54, 1.807) is 12.5 Å². The van der Waals surface area contributed by atoms with Crippen LogP contribution in [0.1, 0.15) is 31.4 Å². The highest BCUT2D eigenvalue weighted by molar-refractivity contribution is 5.93. The Morgan fingerprint density at radius 1 is 1.06 bits per heavy atom. The summed E-state index contributed by atoms with van der Waals surface area (Å²) in [6, 6.07) is 14.5. The lowest BCUT2D eigenvalue weighted by molar-refractivity contribution is -0.121. The summed E-state index contributed by atoms with van der Waals surface area (Å²) in [4.78, 5) is 18.0. The first-order chi connectivity index (χ1) is 15.7. The molecule has 3 aromatic rings. The van der Waals surface area contributed by atoms with Crippen LogP contribution in [0.2, 0.25) is 0 Å². The third kappa shape index (κ3) is 4.95. The fourth-order valence-electron chi connectivity index (χ4n) is 5.02. The zero-order valence-corrected chi connectivity index (χ0v) is 18.4. The van der Waals surface area contributed by atoms with E-state index in [0.717, 1.165) is 68.3 Å². The van der Waals surface area contributed by atoms with Gasteiger partial charge in [0.15, 0.2) is 0 Å². The SMILES string of the molecule is O=C(Nc1cccc(-c2ccn[nH]2)c1)C1CCN(C2CCN(Cc3ccco3)CC2)CC1. The summed E-state index contributed by atoms with van der Waals surface area (Å²) in [6.45, 7) is 5.14. The number of nitrogens with one attached hydrogen (secondary N) is 2. The average Bonchev–Trinajstić information content (AvgIpc) is 3.55. The van der Waals surface area contributed by atoms with Gasteiger partial charge in [-0.2, -0.15) is 5.10 Å². The molecule has 168 valence electrons. The van der Waals surface area contributed by atoms with Gasteiger partial charge in [-0.1, -0.05) is 12.1 Å². The number of nitrogens with zero attached hydrogens (tertiary/aromatic N) is 3. The number of benzene rings is 1. The van der Waals surface area contributed by atoms with Gasteiger partial charge in [-0.05, 0) is 69.1 Å². The quantitative estimate of drug-likeness (QED) is 0.615. The zero-order valence-electron chi connectivity index (χ0n) is 18.4. The van der Waals surface area contributed by atoms with E-state index in [-0.39, 0.29) is 11.8 Å². The smallest absolute Gasteiger partial charge is 0.227 e. The van der Waals surface area contributed by atoms with Gasteiger partial charge in [0.05, 0.1) is 18.5 Å². The first-order valence-electron chi connectivity index (χ1n) is 11.6. The molecule has 0 saturated carbocycles. The molecule has 4 heterocycles. The second kappa shape index (κ2) is 9.71. The van der Waals surface area contributed by atoms with Crippen LogP contribution in [0.15, 0.2) is 59.3 Å². The van der Waals surface area contributed by atoms with Crippen molar-refractivity contribution >= 4 is 11.6 Å². The second-order valence-electron chi connectivity index (χ2n) is 8.94. The van der Waals surface area contributed by atoms with E-state index in [2.05, 4.69) is 31.4 Å². The van der Waals surface area contributed by atoms with Crippen molar-refractivity contribution in [2.75, 3.05) is 31.5 Å². The minimum atomic E-state index is 0.0844. The Morgan fingerprint density at radius 3 is 2.62 bits per heavy atom. The number of hydrogen-bond acceptors (Lipinski definition) is 5. The zero-order chi connectivity index (χ0) is 21.8. The fourth-order valence-corrected chi connectivity index (χ4v) is 5.02. The Labute approximate surface area is 188 Å². The van der Waals surface area contributed by atoms with Crippen LogP contribution in [0.5, 0.6) is 0 Å². The molecule has 32 heavy (non-hydrogen) atoms. The fraction of sp³-hybridized carbons (Fsp3) is 0.440. The maximum Gasteiger partial charge on any atom is 0.227 e. The number of piperidine rings is 2. The van der Waals surface area contributed by atoms with E-state index in [1.165, 1.54) is 12.8 Å². The molecule has 0 atom stereocenters. The Bertz CT molecular complexity index is 985. The van der Waals surface area contributed by atoms with Gasteiger partial charge < -0.3 is 14.6 Å². The molecule has 7 heteroatoms. The summed E-state index contributed by atoms with van der Waals surface area (Å²) >= 11 is 0. The summed E-state index contributed by atoms with van der Waals surface area (Å²) in [5.74, 6) is 1.27. The van der Waals surface area contributed by atoms with Gasteiger partial charge in [-0.15, -0.1) is 0 Å². The van der Waals surface area contributed by atoms with Gasteiger partial charge in [0, 0.05) is 42.5 Å². The molecule has 2 N–H and O–H groups in total. The lowest BCUT2D eigenvalue weighted by Gasteiger charge is -2.41. The van der Waals surface area contributed by atoms with Gasteiger partial charge >= 0.3 is 0 Å². The molecule has 0 unspecified atom stereocenters. The number of carbonyl (C=O) groups is 1. The minimum absolute atomic E-state index is 0.0844. The largest absolute Gasteiger partial charge is 0.468 e. The molecule has 7 nitrogen and oxygen atoms in total. The molecule has 2 aromatic heterocycles. The highest BCUT2D eigenvalue weighted by Crippen LogP contribution is 2.26. The van der Waals surface area contributed by atoms with Crippen molar-refractivity contribution in [3.05, 3.63) is 60.7 Å². The minimum Gasteiger partial charge on any atom is -0.468 e. The van der Waals surface area contributed by atoms with Crippen molar-refractivity contribution in [2.45, 2.75) is 38.3 Å². The Balaban J connectivity index is 1.08. The van der Waals surface area contributed by atoms with E-state index in [4.69, 9.17) is 4.42 Å². The van der Waals surface area contributed by atoms with Gasteiger partial charge in [0.2, 0.25) is 5.91 Å². The molecular formula is C25H31N5O2. The van der Waals surface area contributed by atoms with E-state index in [1.807, 2.05) is 36.4 Å². The van der Waals surface area contributed by atoms with Crippen LogP contribution in [0.4, 0.5) is 5.69 Å². The number of carbonyl (C=O) groups excluding carboxylic acids is 1. The number of hydrogen-bond donors (Lipinski definition) is 2. The normalized spacial score (nSPS) is 19.2. The number of furan rings is 1. The number of aromatic amines is 1. The summed E-state index contributed by atoms with van der Waals surface area (Å²) in [5.41, 5.74) is 2.81. The lowest BCUT2D eigenvalue weighted by Crippen LogP contribution is -2.48. The number of aromatic nitrogens is 2. The highest BCUT2D eigenvalue weighted by atomic mass is 16.3. The first-order valence-corrected chi connectivity index (χ1v) is 11.6. The summed E-state index contributed by atoms with van der Waals surface area (Å²) < 4.78 is 5.49. The Hall–Kier alpha value is -2.90. The summed E-state index contributed by atoms with van der Waals surface area (Å²) in [5, 5.41) is 10.1. The molecule has 0 radical (unpaired) electrons. The van der Waals surface area contributed by atoms with E-state index in [9.17, 15) is 4.79 Å². The van der Waals surface area contributed by atoms with Gasteiger partial charge in [-0.3, -0.25) is 14.8 Å². The van der Waals surface area contributed by atoms with Crippen molar-refractivity contribution < 1.29 is 9.21 Å². The van der Waals surface area contributed by atoms with Crippen molar-refractivity contribution in [2.24, 2.45) is 5.92 Å². The van der Waals surface area contributed by atoms with Crippen LogP contribution in [-0.2, 0) is 11.3 Å². The van der Waals surface area contributed by atoms with E-state index in [0.29, 0.717) is 6.04 Å². The number of rotatable bonds is 6. The first kappa shape index (κ1) is 21.0. The number of anilines is 1. The van der Waals surface area contributed by atoms with Crippen molar-refractivity contribution in [3.8, 4) is 11.3 Å². The Morgan fingerprint density at radius 2 is 1.91 bits per heavy atom. The van der Waals surface area contributed by atoms with Crippen LogP contribution in [0, 0.1) is 5.92 Å². The van der Waals surface area contributed by atoms with Gasteiger partial charge in [-0.25, -0.2) is 0 Å². The summed E-state index contributed by atoms with van der Waals surface area (Å²) in [7, 11) is 0. The average molecular weight is 434 g/mol. The standard InChI is InChI=1S/C25H31N5O2/c31-25(27-21-4-1-3-20(17-21)24-6-11-26-28-24)19-7-14-30(15-8-19)22-9-12-29(13-10-22)18-23-5-2-16-32-23/h1-6,11,16-17,19,22H,7-10,12-15,18H2,(H,26,28)(H,27,31). The maximum absolute atomic E-state index is 12.9. The molecule has 2 aliphatic heterocycles. The molecule has 5 rings (SSSR count). The molecule has 0 aliphatic carbocycles. The van der Waals surface area contributed by atoms with Crippen molar-refractivity contribution in [3.63, 3.8) is 0 Å². The summed E-state index contributed by atoms with van der Waals surface area (Å²) in [6.07, 6.45) is 7.73. The molecule has 2 saturated heterocycles. The lowest BCUT2D eigenvalue weighted by atomic mass is 9.92. The third-order valence-electron chi connectivity index (χ3n) is 6.88. The number of amides is 1. The predicted molar refractivity (Wildman–Crippen MR) is 124 cm³/mol. The van der Waals surface area contributed by atoms with E-state index >= 15 is 0 Å². The molecule has 0 spiro atoms. The predicted octanol–water partition coefficient (Wildman–Crippen LogP) is 3.98. The van der Waals surface area contributed by atoms with Crippen LogP contribution >= 0.6 is 0 Å². The molecular weight excluding hydrogens is 402 g/mol. The van der Waals surface area contributed by atoms with Crippen LogP contribution in [0.3, 0.4) is 0 Å². The molecule has 0 bridgehead atoms. The van der Waals surface area contributed by atoms with Crippen molar-refractivity contribution in [1.82, 2.24) is 20.0 Å². The number of likely N-dealkylation sites (tertiary alicyclic amines) is 2. The molecule has 1 amide bonds. The topological polar surface area (TPSA) is 77.4 Å². The monoisotopic (exact) mass is 433 g/mol. The van der Waals surface area contributed by atoms with Crippen LogP contribution < -0.4 is 5.32 Å². The molecule has 1 aromatic carbocycles. The van der Waals surface area contributed by atoms with Crippen LogP contribution in [-0.4, -0.2) is 58.1 Å². The second-order valence-corrected chi connectivity index (χ2v) is 8.94. The number of H-pyrrole nitrogens is 1. The third-order valence-corrected chi connectivity index (χ3v) is 6.88. The molecule has 2 fully saturated rings. The van der Waals surface area contributed by atoms with Crippen molar-refractivity contribution in [1.29, 1.82) is 0 Å². The highest BCUT2D eigenvalue weighted by Gasteiger charge is 2.30. The Kier molecular flexibility index (Phi) is 6.36. The molecule has 2 aliphatic rings.